The summed E-state index contributed by atoms with van der Waals surface area (Å²) in [7, 11) is 0. The number of carboxylic acids is 1. The third-order valence-electron chi connectivity index (χ3n) is 1.44. The summed E-state index contributed by atoms with van der Waals surface area (Å²) in [5, 5.41) is 10.2. The third kappa shape index (κ3) is 2.93. The fraction of sp³-hybridized carbons (Fsp3) is 0.250. The van der Waals surface area contributed by atoms with E-state index >= 15 is 0 Å². The van der Waals surface area contributed by atoms with Crippen LogP contribution in [0.3, 0.4) is 0 Å². The maximum absolute atomic E-state index is 10.2. The van der Waals surface area contributed by atoms with Crippen molar-refractivity contribution >= 4 is 5.97 Å². The van der Waals surface area contributed by atoms with Gasteiger partial charge in [0.05, 0.1) is 11.7 Å². The minimum atomic E-state index is -1.23. The molecule has 12 heavy (non-hydrogen) atoms. The van der Waals surface area contributed by atoms with Gasteiger partial charge in [-0.05, 0) is 18.1 Å². The number of carboxylic acid groups (broad SMARTS) is 1. The first-order valence-electron chi connectivity index (χ1n) is 3.40. The molecule has 0 saturated carbocycles. The average molecular weight is 173 g/mol. The molecule has 3 nitrogen and oxygen atoms in total. The number of pyridine rings is 1. The Labute approximate surface area is 93.1 Å². The van der Waals surface area contributed by atoms with Gasteiger partial charge in [-0.2, -0.15) is 0 Å². The summed E-state index contributed by atoms with van der Waals surface area (Å²) in [4.78, 5) is 13.9. The second-order valence-corrected chi connectivity index (χ2v) is 2.19. The Morgan fingerprint density at radius 2 is 2.25 bits per heavy atom. The van der Waals surface area contributed by atoms with Crippen molar-refractivity contribution in [2.24, 2.45) is 0 Å². The van der Waals surface area contributed by atoms with Crippen LogP contribution in [-0.4, -0.2) is 11.0 Å². The van der Waals surface area contributed by atoms with Gasteiger partial charge >= 0.3 is 29.6 Å². The molecule has 0 aromatic carbocycles. The molecule has 4 heteroatoms. The Morgan fingerprint density at radius 1 is 1.58 bits per heavy atom. The van der Waals surface area contributed by atoms with Crippen LogP contribution in [0.15, 0.2) is 18.3 Å². The van der Waals surface area contributed by atoms with Crippen molar-refractivity contribution in [1.82, 2.24) is 4.98 Å². The fourth-order valence-corrected chi connectivity index (χ4v) is 0.754. The molecule has 0 amide bonds. The van der Waals surface area contributed by atoms with Crippen molar-refractivity contribution in [2.45, 2.75) is 13.3 Å². The van der Waals surface area contributed by atoms with Crippen molar-refractivity contribution in [3.8, 4) is 0 Å². The van der Waals surface area contributed by atoms with E-state index in [1.54, 1.807) is 12.3 Å². The molecule has 0 aliphatic rings. The molecule has 0 radical (unpaired) electrons. The Hall–Kier alpha value is -0.380. The van der Waals surface area contributed by atoms with Gasteiger partial charge in [-0.25, -0.2) is 0 Å². The molecule has 0 fully saturated rings. The van der Waals surface area contributed by atoms with E-state index in [1.807, 2.05) is 6.92 Å². The van der Waals surface area contributed by atoms with Gasteiger partial charge in [0.1, 0.15) is 0 Å². The van der Waals surface area contributed by atoms with Crippen molar-refractivity contribution in [2.75, 3.05) is 0 Å². The minimum absolute atomic E-state index is 0. The quantitative estimate of drug-likeness (QED) is 0.448. The monoisotopic (exact) mass is 173 g/mol. The molecule has 1 aromatic heterocycles. The topological polar surface area (TPSA) is 53.0 Å². The van der Waals surface area contributed by atoms with Crippen molar-refractivity contribution in [1.29, 1.82) is 0 Å². The summed E-state index contributed by atoms with van der Waals surface area (Å²) in [5.74, 6) is -1.23. The van der Waals surface area contributed by atoms with Gasteiger partial charge in [0.25, 0.3) is 0 Å². The maximum atomic E-state index is 10.2. The number of aromatic carboxylic acids is 1. The summed E-state index contributed by atoms with van der Waals surface area (Å²) in [6.07, 6.45) is 2.41. The first kappa shape index (κ1) is 11.6. The van der Waals surface area contributed by atoms with E-state index in [4.69, 9.17) is 0 Å². The van der Waals surface area contributed by atoms with Gasteiger partial charge in [0.2, 0.25) is 0 Å². The zero-order valence-corrected chi connectivity index (χ0v) is 9.20. The number of aryl methyl sites for hydroxylation is 1. The Balaban J connectivity index is 0.00000121. The predicted octanol–water partition coefficient (Wildman–Crippen LogP) is -2.99. The number of carbonyl (C=O) groups excluding carboxylic acids is 1. The first-order chi connectivity index (χ1) is 5.24. The van der Waals surface area contributed by atoms with Crippen LogP contribution < -0.4 is 34.7 Å². The van der Waals surface area contributed by atoms with Crippen molar-refractivity contribution in [3.05, 3.63) is 29.6 Å². The number of carbonyl (C=O) groups is 1. The molecular formula is C8H8NNaO2. The normalized spacial score (nSPS) is 8.75. The second kappa shape index (κ2) is 5.30. The Kier molecular flexibility index (Phi) is 5.13. The molecule has 1 rings (SSSR count). The van der Waals surface area contributed by atoms with E-state index in [-0.39, 0.29) is 35.3 Å². The molecular weight excluding hydrogens is 165 g/mol. The van der Waals surface area contributed by atoms with E-state index in [0.29, 0.717) is 0 Å². The fourth-order valence-electron chi connectivity index (χ4n) is 0.754. The average Bonchev–Trinajstić information content (AvgIpc) is 2.05. The predicted molar refractivity (Wildman–Crippen MR) is 37.9 cm³/mol. The van der Waals surface area contributed by atoms with Gasteiger partial charge in [0.15, 0.2) is 0 Å². The summed E-state index contributed by atoms with van der Waals surface area (Å²) < 4.78 is 0. The van der Waals surface area contributed by atoms with Crippen LogP contribution in [0, 0.1) is 0 Å². The van der Waals surface area contributed by atoms with Crippen LogP contribution in [0.4, 0.5) is 0 Å². The standard InChI is InChI=1S/C8H9NO2.Na/c1-2-6-3-4-7(8(10)11)9-5-6;/h3-5H,2H2,1H3,(H,10,11);/q;+1/p-1. The van der Waals surface area contributed by atoms with Gasteiger partial charge in [-0.15, -0.1) is 0 Å². The van der Waals surface area contributed by atoms with Crippen molar-refractivity contribution in [3.63, 3.8) is 0 Å². The molecule has 0 aliphatic carbocycles. The van der Waals surface area contributed by atoms with Gasteiger partial charge in [0, 0.05) is 6.20 Å². The van der Waals surface area contributed by atoms with Crippen LogP contribution >= 0.6 is 0 Å². The largest absolute Gasteiger partial charge is 1.00 e. The molecule has 58 valence electrons. The molecule has 0 unspecified atom stereocenters. The Bertz CT molecular complexity index is 258. The summed E-state index contributed by atoms with van der Waals surface area (Å²) in [6, 6.07) is 3.19. The molecule has 1 heterocycles. The number of rotatable bonds is 2. The van der Waals surface area contributed by atoms with E-state index in [0.717, 1.165) is 12.0 Å². The number of aromatic nitrogens is 1. The third-order valence-corrected chi connectivity index (χ3v) is 1.44. The molecule has 0 saturated heterocycles. The summed E-state index contributed by atoms with van der Waals surface area (Å²) >= 11 is 0. The van der Waals surface area contributed by atoms with Gasteiger partial charge in [-0.3, -0.25) is 4.98 Å². The zero-order valence-electron chi connectivity index (χ0n) is 7.20. The van der Waals surface area contributed by atoms with E-state index in [1.165, 1.54) is 6.07 Å². The maximum Gasteiger partial charge on any atom is 1.00 e. The van der Waals surface area contributed by atoms with E-state index < -0.39 is 5.97 Å². The van der Waals surface area contributed by atoms with Crippen LogP contribution in [0.1, 0.15) is 23.0 Å². The molecule has 0 spiro atoms. The van der Waals surface area contributed by atoms with Crippen molar-refractivity contribution < 1.29 is 39.5 Å². The molecule has 0 atom stereocenters. The second-order valence-electron chi connectivity index (χ2n) is 2.19. The molecule has 0 N–H and O–H groups in total. The number of hydrogen-bond donors (Lipinski definition) is 0. The van der Waals surface area contributed by atoms with Gasteiger partial charge in [-0.1, -0.05) is 13.0 Å². The van der Waals surface area contributed by atoms with Crippen LogP contribution in [0.5, 0.6) is 0 Å². The molecule has 0 aliphatic heterocycles. The number of nitrogens with zero attached hydrogens (tertiary/aromatic N) is 1. The Morgan fingerprint density at radius 3 is 2.58 bits per heavy atom. The van der Waals surface area contributed by atoms with Crippen LogP contribution in [0.2, 0.25) is 0 Å². The molecule has 0 bridgehead atoms. The van der Waals surface area contributed by atoms with Crippen LogP contribution in [-0.2, 0) is 6.42 Å². The summed E-state index contributed by atoms with van der Waals surface area (Å²) in [6.45, 7) is 1.98. The number of hydrogen-bond acceptors (Lipinski definition) is 3. The van der Waals surface area contributed by atoms with E-state index in [2.05, 4.69) is 4.98 Å². The van der Waals surface area contributed by atoms with E-state index in [9.17, 15) is 9.90 Å². The summed E-state index contributed by atoms with van der Waals surface area (Å²) in [5.41, 5.74) is 1.01. The van der Waals surface area contributed by atoms with Gasteiger partial charge < -0.3 is 9.90 Å². The first-order valence-corrected chi connectivity index (χ1v) is 3.40. The zero-order chi connectivity index (χ0) is 8.27. The SMILES string of the molecule is CCc1ccc(C(=O)[O-])nc1.[Na+]. The minimum Gasteiger partial charge on any atom is -0.543 e. The molecule has 1 aromatic rings. The van der Waals surface area contributed by atoms with Crippen LogP contribution in [0.25, 0.3) is 0 Å². The smallest absolute Gasteiger partial charge is 0.543 e.